The third kappa shape index (κ3) is 4.44. The number of nitrogens with one attached hydrogen (secondary N) is 1. The molecule has 0 spiro atoms. The standard InChI is InChI=1S/C12H23NOS.ClH/c1-12(2)8-13-11(14-9-12)7-10-3-5-15-6-4-10;/h10-11,13H,3-9H2,1-2H3;1H. The van der Waals surface area contributed by atoms with Crippen LogP contribution in [0.15, 0.2) is 0 Å². The van der Waals surface area contributed by atoms with Crippen LogP contribution in [0.5, 0.6) is 0 Å². The van der Waals surface area contributed by atoms with E-state index in [9.17, 15) is 0 Å². The molecule has 1 atom stereocenters. The summed E-state index contributed by atoms with van der Waals surface area (Å²) in [4.78, 5) is 0. The quantitative estimate of drug-likeness (QED) is 0.830. The van der Waals surface area contributed by atoms with Crippen LogP contribution >= 0.6 is 24.2 Å². The van der Waals surface area contributed by atoms with Gasteiger partial charge in [0.2, 0.25) is 0 Å². The van der Waals surface area contributed by atoms with Gasteiger partial charge in [-0.05, 0) is 36.7 Å². The number of hydrogen-bond donors (Lipinski definition) is 1. The maximum Gasteiger partial charge on any atom is 0.108 e. The van der Waals surface area contributed by atoms with Crippen LogP contribution in [-0.2, 0) is 4.74 Å². The van der Waals surface area contributed by atoms with E-state index >= 15 is 0 Å². The molecule has 0 aliphatic carbocycles. The van der Waals surface area contributed by atoms with E-state index in [-0.39, 0.29) is 12.4 Å². The second kappa shape index (κ2) is 6.48. The average Bonchev–Trinajstić information content (AvgIpc) is 2.23. The Balaban J connectivity index is 0.00000128. The number of ether oxygens (including phenoxy) is 1. The van der Waals surface area contributed by atoms with Crippen molar-refractivity contribution in [1.29, 1.82) is 0 Å². The summed E-state index contributed by atoms with van der Waals surface area (Å²) in [5.74, 6) is 3.59. The molecule has 0 aromatic heterocycles. The molecule has 0 radical (unpaired) electrons. The molecule has 0 aromatic rings. The highest BCUT2D eigenvalue weighted by Gasteiger charge is 2.28. The maximum absolute atomic E-state index is 5.88. The van der Waals surface area contributed by atoms with E-state index in [0.29, 0.717) is 11.6 Å². The van der Waals surface area contributed by atoms with Gasteiger partial charge < -0.3 is 4.74 Å². The molecule has 2 rings (SSSR count). The van der Waals surface area contributed by atoms with E-state index in [0.717, 1.165) is 19.1 Å². The molecule has 0 amide bonds. The van der Waals surface area contributed by atoms with Crippen molar-refractivity contribution in [3.05, 3.63) is 0 Å². The lowest BCUT2D eigenvalue weighted by molar-refractivity contribution is -0.0676. The van der Waals surface area contributed by atoms with Crippen molar-refractivity contribution in [3.63, 3.8) is 0 Å². The van der Waals surface area contributed by atoms with Crippen molar-refractivity contribution < 1.29 is 4.74 Å². The molecule has 2 aliphatic heterocycles. The van der Waals surface area contributed by atoms with E-state index in [1.807, 2.05) is 0 Å². The Labute approximate surface area is 110 Å². The van der Waals surface area contributed by atoms with Gasteiger partial charge >= 0.3 is 0 Å². The van der Waals surface area contributed by atoms with Gasteiger partial charge in [-0.15, -0.1) is 12.4 Å². The lowest BCUT2D eigenvalue weighted by Crippen LogP contribution is -2.48. The average molecular weight is 266 g/mol. The summed E-state index contributed by atoms with van der Waals surface area (Å²) in [6.07, 6.45) is 4.31. The van der Waals surface area contributed by atoms with Gasteiger partial charge in [-0.1, -0.05) is 13.8 Å². The molecule has 2 heterocycles. The molecule has 2 aliphatic rings. The Morgan fingerprint density at radius 1 is 1.31 bits per heavy atom. The first-order valence-corrected chi connectivity index (χ1v) is 7.24. The van der Waals surface area contributed by atoms with Crippen molar-refractivity contribution in [2.75, 3.05) is 24.7 Å². The second-order valence-corrected chi connectivity index (χ2v) is 6.86. The summed E-state index contributed by atoms with van der Waals surface area (Å²) >= 11 is 2.10. The van der Waals surface area contributed by atoms with Crippen LogP contribution in [0.2, 0.25) is 0 Å². The van der Waals surface area contributed by atoms with Crippen LogP contribution in [-0.4, -0.2) is 30.9 Å². The van der Waals surface area contributed by atoms with Crippen molar-refractivity contribution in [3.8, 4) is 0 Å². The first-order chi connectivity index (χ1) is 7.16. The van der Waals surface area contributed by atoms with Crippen LogP contribution in [0.1, 0.15) is 33.1 Å². The van der Waals surface area contributed by atoms with Gasteiger partial charge in [-0.2, -0.15) is 11.8 Å². The summed E-state index contributed by atoms with van der Waals surface area (Å²) in [6.45, 7) is 6.52. The van der Waals surface area contributed by atoms with Crippen LogP contribution in [0, 0.1) is 11.3 Å². The molecular formula is C12H24ClNOS. The molecule has 1 unspecified atom stereocenters. The highest BCUT2D eigenvalue weighted by molar-refractivity contribution is 7.99. The number of halogens is 1. The van der Waals surface area contributed by atoms with E-state index in [4.69, 9.17) is 4.74 Å². The Morgan fingerprint density at radius 3 is 2.56 bits per heavy atom. The summed E-state index contributed by atoms with van der Waals surface area (Å²) in [5, 5.41) is 3.53. The minimum Gasteiger partial charge on any atom is -0.363 e. The Bertz CT molecular complexity index is 197. The summed E-state index contributed by atoms with van der Waals surface area (Å²) < 4.78 is 5.88. The van der Waals surface area contributed by atoms with Gasteiger partial charge in [0.25, 0.3) is 0 Å². The Morgan fingerprint density at radius 2 is 2.00 bits per heavy atom. The molecule has 2 saturated heterocycles. The van der Waals surface area contributed by atoms with Crippen LogP contribution < -0.4 is 5.32 Å². The fraction of sp³-hybridized carbons (Fsp3) is 1.00. The molecule has 96 valence electrons. The van der Waals surface area contributed by atoms with Gasteiger partial charge in [0.1, 0.15) is 6.23 Å². The summed E-state index contributed by atoms with van der Waals surface area (Å²) in [6, 6.07) is 0. The van der Waals surface area contributed by atoms with Gasteiger partial charge in [-0.25, -0.2) is 0 Å². The van der Waals surface area contributed by atoms with Crippen molar-refractivity contribution >= 4 is 24.2 Å². The molecule has 1 N–H and O–H groups in total. The first-order valence-electron chi connectivity index (χ1n) is 6.08. The number of hydrogen-bond acceptors (Lipinski definition) is 3. The predicted octanol–water partition coefficient (Wildman–Crippen LogP) is 2.91. The van der Waals surface area contributed by atoms with Gasteiger partial charge in [0, 0.05) is 12.0 Å². The second-order valence-electron chi connectivity index (χ2n) is 5.64. The van der Waals surface area contributed by atoms with E-state index in [1.165, 1.54) is 30.8 Å². The molecule has 0 aromatic carbocycles. The predicted molar refractivity (Wildman–Crippen MR) is 73.4 cm³/mol. The lowest BCUT2D eigenvalue weighted by Gasteiger charge is -2.37. The van der Waals surface area contributed by atoms with Crippen LogP contribution in [0.4, 0.5) is 0 Å². The maximum atomic E-state index is 5.88. The minimum atomic E-state index is 0. The fourth-order valence-corrected chi connectivity index (χ4v) is 3.47. The molecule has 4 heteroatoms. The van der Waals surface area contributed by atoms with E-state index in [2.05, 4.69) is 30.9 Å². The normalized spacial score (nSPS) is 30.8. The summed E-state index contributed by atoms with van der Waals surface area (Å²) in [5.41, 5.74) is 0.318. The third-order valence-electron chi connectivity index (χ3n) is 3.37. The van der Waals surface area contributed by atoms with Crippen molar-refractivity contribution in [1.82, 2.24) is 5.32 Å². The monoisotopic (exact) mass is 265 g/mol. The van der Waals surface area contributed by atoms with Gasteiger partial charge in [-0.3, -0.25) is 5.32 Å². The largest absolute Gasteiger partial charge is 0.363 e. The van der Waals surface area contributed by atoms with Crippen LogP contribution in [0.3, 0.4) is 0 Å². The first kappa shape index (κ1) is 14.6. The smallest absolute Gasteiger partial charge is 0.108 e. The van der Waals surface area contributed by atoms with E-state index < -0.39 is 0 Å². The Kier molecular flexibility index (Phi) is 5.92. The van der Waals surface area contributed by atoms with Gasteiger partial charge in [0.15, 0.2) is 0 Å². The minimum absolute atomic E-state index is 0. The molecule has 0 bridgehead atoms. The molecule has 2 fully saturated rings. The molecule has 2 nitrogen and oxygen atoms in total. The van der Waals surface area contributed by atoms with E-state index in [1.54, 1.807) is 0 Å². The number of rotatable bonds is 2. The molecule has 16 heavy (non-hydrogen) atoms. The molecular weight excluding hydrogens is 242 g/mol. The Hall–Kier alpha value is 0.560. The van der Waals surface area contributed by atoms with Gasteiger partial charge in [0.05, 0.1) is 6.61 Å². The number of thioether (sulfide) groups is 1. The van der Waals surface area contributed by atoms with Crippen molar-refractivity contribution in [2.45, 2.75) is 39.3 Å². The fourth-order valence-electron chi connectivity index (χ4n) is 2.26. The molecule has 0 saturated carbocycles. The topological polar surface area (TPSA) is 21.3 Å². The highest BCUT2D eigenvalue weighted by Crippen LogP contribution is 2.28. The zero-order valence-electron chi connectivity index (χ0n) is 10.3. The lowest BCUT2D eigenvalue weighted by atomic mass is 9.92. The zero-order valence-corrected chi connectivity index (χ0v) is 12.0. The third-order valence-corrected chi connectivity index (χ3v) is 4.42. The van der Waals surface area contributed by atoms with Crippen LogP contribution in [0.25, 0.3) is 0 Å². The highest BCUT2D eigenvalue weighted by atomic mass is 35.5. The zero-order chi connectivity index (χ0) is 10.7. The van der Waals surface area contributed by atoms with Crippen molar-refractivity contribution in [2.24, 2.45) is 11.3 Å². The summed E-state index contributed by atoms with van der Waals surface area (Å²) in [7, 11) is 0. The SMILES string of the molecule is CC1(C)CNC(CC2CCSCC2)OC1.Cl.